The summed E-state index contributed by atoms with van der Waals surface area (Å²) < 4.78 is 6.03. The van der Waals surface area contributed by atoms with Crippen molar-refractivity contribution in [2.75, 3.05) is 13.2 Å². The van der Waals surface area contributed by atoms with Crippen LogP contribution in [0, 0.1) is 11.3 Å². The first-order valence-electron chi connectivity index (χ1n) is 9.75. The maximum Gasteiger partial charge on any atom is 0.191 e. The van der Waals surface area contributed by atoms with Crippen molar-refractivity contribution in [3.05, 3.63) is 16.1 Å². The lowest BCUT2D eigenvalue weighted by atomic mass is 9.46. The van der Waals surface area contributed by atoms with E-state index in [0.29, 0.717) is 35.9 Å². The zero-order chi connectivity index (χ0) is 17.4. The maximum atomic E-state index is 6.03. The zero-order valence-corrected chi connectivity index (χ0v) is 16.4. The number of aliphatic imine (C=N–C) groups is 1. The van der Waals surface area contributed by atoms with Crippen LogP contribution >= 0.6 is 11.3 Å². The highest BCUT2D eigenvalue weighted by atomic mass is 32.1. The minimum Gasteiger partial charge on any atom is -0.377 e. The van der Waals surface area contributed by atoms with Gasteiger partial charge in [-0.25, -0.2) is 9.98 Å². The van der Waals surface area contributed by atoms with Crippen LogP contribution in [0.2, 0.25) is 0 Å². The van der Waals surface area contributed by atoms with Crippen LogP contribution in [0.3, 0.4) is 0 Å². The van der Waals surface area contributed by atoms with Gasteiger partial charge in [-0.05, 0) is 32.1 Å². The Morgan fingerprint density at radius 1 is 1.48 bits per heavy atom. The molecule has 3 aliphatic rings. The van der Waals surface area contributed by atoms with E-state index in [0.717, 1.165) is 24.1 Å². The lowest BCUT2D eigenvalue weighted by Crippen LogP contribution is -2.72. The first-order chi connectivity index (χ1) is 12.1. The highest BCUT2D eigenvalue weighted by molar-refractivity contribution is 7.09. The Balaban J connectivity index is 1.43. The maximum absolute atomic E-state index is 6.03. The molecule has 0 radical (unpaired) electrons. The van der Waals surface area contributed by atoms with Gasteiger partial charge < -0.3 is 15.4 Å². The molecule has 2 heterocycles. The Morgan fingerprint density at radius 3 is 2.96 bits per heavy atom. The SMILES string of the molecule is CCNC(=NCc1nc(C(C)C)cs1)NC1C2CCOC2C12CCC2. The monoisotopic (exact) mass is 362 g/mol. The molecule has 2 saturated carbocycles. The van der Waals surface area contributed by atoms with Crippen molar-refractivity contribution in [2.45, 2.75) is 71.1 Å². The van der Waals surface area contributed by atoms with E-state index in [-0.39, 0.29) is 0 Å². The average molecular weight is 363 g/mol. The minimum absolute atomic E-state index is 0.378. The number of hydrogen-bond donors (Lipinski definition) is 2. The standard InChI is InChI=1S/C19H30N4OS/c1-4-20-18(21-10-15-22-14(11-25-15)12(2)3)23-16-13-6-9-24-17(13)19(16)7-5-8-19/h11-13,16-17H,4-10H2,1-3H3,(H2,20,21,23). The van der Waals surface area contributed by atoms with E-state index >= 15 is 0 Å². The molecular weight excluding hydrogens is 332 g/mol. The van der Waals surface area contributed by atoms with Crippen molar-refractivity contribution in [1.82, 2.24) is 15.6 Å². The summed E-state index contributed by atoms with van der Waals surface area (Å²) >= 11 is 1.71. The largest absolute Gasteiger partial charge is 0.377 e. The smallest absolute Gasteiger partial charge is 0.191 e. The van der Waals surface area contributed by atoms with E-state index in [1.165, 1.54) is 31.4 Å². The molecule has 5 nitrogen and oxygen atoms in total. The lowest BCUT2D eigenvalue weighted by Gasteiger charge is -2.63. The first kappa shape index (κ1) is 17.3. The number of aromatic nitrogens is 1. The van der Waals surface area contributed by atoms with Crippen LogP contribution in [-0.4, -0.2) is 36.2 Å². The van der Waals surface area contributed by atoms with E-state index in [1.54, 1.807) is 11.3 Å². The number of guanidine groups is 1. The Morgan fingerprint density at radius 2 is 2.32 bits per heavy atom. The number of fused-ring (bicyclic) bond motifs is 2. The summed E-state index contributed by atoms with van der Waals surface area (Å²) in [6, 6.07) is 0.522. The highest BCUT2D eigenvalue weighted by Gasteiger charge is 2.66. The van der Waals surface area contributed by atoms with Gasteiger partial charge in [-0.15, -0.1) is 11.3 Å². The van der Waals surface area contributed by atoms with Crippen molar-refractivity contribution in [3.63, 3.8) is 0 Å². The van der Waals surface area contributed by atoms with Crippen LogP contribution in [0.5, 0.6) is 0 Å². The summed E-state index contributed by atoms with van der Waals surface area (Å²) in [6.07, 6.45) is 5.63. The van der Waals surface area contributed by atoms with Crippen molar-refractivity contribution in [3.8, 4) is 0 Å². The van der Waals surface area contributed by atoms with Crippen molar-refractivity contribution >= 4 is 17.3 Å². The third kappa shape index (κ3) is 2.97. The summed E-state index contributed by atoms with van der Waals surface area (Å²) in [6.45, 7) is 8.95. The minimum atomic E-state index is 0.378. The molecule has 3 unspecified atom stereocenters. The van der Waals surface area contributed by atoms with Crippen LogP contribution in [-0.2, 0) is 11.3 Å². The normalized spacial score (nSPS) is 30.1. The highest BCUT2D eigenvalue weighted by Crippen LogP contribution is 2.62. The topological polar surface area (TPSA) is 58.5 Å². The first-order valence-corrected chi connectivity index (χ1v) is 10.6. The predicted octanol–water partition coefficient (Wildman–Crippen LogP) is 3.28. The molecule has 1 aromatic heterocycles. The van der Waals surface area contributed by atoms with Crippen molar-refractivity contribution in [2.24, 2.45) is 16.3 Å². The second-order valence-corrected chi connectivity index (χ2v) is 8.91. The van der Waals surface area contributed by atoms with Gasteiger partial charge in [0.15, 0.2) is 5.96 Å². The van der Waals surface area contributed by atoms with E-state index in [1.807, 2.05) is 0 Å². The molecule has 25 heavy (non-hydrogen) atoms. The molecule has 138 valence electrons. The predicted molar refractivity (Wildman–Crippen MR) is 102 cm³/mol. The van der Waals surface area contributed by atoms with Gasteiger partial charge >= 0.3 is 0 Å². The van der Waals surface area contributed by atoms with Gasteiger partial charge in [0.1, 0.15) is 5.01 Å². The Labute approximate surface area is 154 Å². The number of rotatable bonds is 5. The molecule has 1 aliphatic heterocycles. The molecule has 3 fully saturated rings. The third-order valence-corrected chi connectivity index (χ3v) is 7.06. The third-order valence-electron chi connectivity index (χ3n) is 6.21. The molecule has 0 bridgehead atoms. The van der Waals surface area contributed by atoms with E-state index in [9.17, 15) is 0 Å². The molecule has 3 atom stereocenters. The number of hydrogen-bond acceptors (Lipinski definition) is 4. The molecule has 1 aromatic rings. The van der Waals surface area contributed by atoms with E-state index in [4.69, 9.17) is 14.7 Å². The van der Waals surface area contributed by atoms with Gasteiger partial charge in [-0.1, -0.05) is 20.3 Å². The van der Waals surface area contributed by atoms with Crippen molar-refractivity contribution < 1.29 is 4.74 Å². The zero-order valence-electron chi connectivity index (χ0n) is 15.5. The fourth-order valence-electron chi connectivity index (χ4n) is 4.73. The van der Waals surface area contributed by atoms with Gasteiger partial charge in [-0.3, -0.25) is 0 Å². The summed E-state index contributed by atoms with van der Waals surface area (Å²) in [5, 5.41) is 10.4. The summed E-state index contributed by atoms with van der Waals surface area (Å²) in [7, 11) is 0. The molecule has 0 aromatic carbocycles. The molecule has 4 rings (SSSR count). The average Bonchev–Trinajstić information content (AvgIpc) is 3.16. The second kappa shape index (κ2) is 6.88. The van der Waals surface area contributed by atoms with Gasteiger partial charge in [0.05, 0.1) is 18.3 Å². The van der Waals surface area contributed by atoms with Crippen LogP contribution < -0.4 is 10.6 Å². The fraction of sp³-hybridized carbons (Fsp3) is 0.789. The van der Waals surface area contributed by atoms with Crippen LogP contribution in [0.4, 0.5) is 0 Å². The fourth-order valence-corrected chi connectivity index (χ4v) is 5.61. The molecule has 1 spiro atoms. The molecule has 0 amide bonds. The Hall–Kier alpha value is -1.14. The van der Waals surface area contributed by atoms with Gasteiger partial charge in [-0.2, -0.15) is 0 Å². The Kier molecular flexibility index (Phi) is 4.75. The number of ether oxygens (including phenoxy) is 1. The van der Waals surface area contributed by atoms with Crippen molar-refractivity contribution in [1.29, 1.82) is 0 Å². The number of nitrogens with one attached hydrogen (secondary N) is 2. The molecule has 2 N–H and O–H groups in total. The van der Waals surface area contributed by atoms with Gasteiger partial charge in [0, 0.05) is 35.9 Å². The van der Waals surface area contributed by atoms with Crippen LogP contribution in [0.25, 0.3) is 0 Å². The van der Waals surface area contributed by atoms with E-state index in [2.05, 4.69) is 36.8 Å². The number of nitrogens with zero attached hydrogens (tertiary/aromatic N) is 2. The Bertz CT molecular complexity index is 637. The van der Waals surface area contributed by atoms with Crippen LogP contribution in [0.15, 0.2) is 10.4 Å². The van der Waals surface area contributed by atoms with E-state index < -0.39 is 0 Å². The molecule has 6 heteroatoms. The summed E-state index contributed by atoms with van der Waals surface area (Å²) in [5.41, 5.74) is 1.55. The lowest BCUT2D eigenvalue weighted by molar-refractivity contribution is -0.171. The summed E-state index contributed by atoms with van der Waals surface area (Å²) in [5.74, 6) is 2.08. The van der Waals surface area contributed by atoms with Gasteiger partial charge in [0.25, 0.3) is 0 Å². The second-order valence-electron chi connectivity index (χ2n) is 7.97. The molecular formula is C19H30N4OS. The number of thiazole rings is 1. The van der Waals surface area contributed by atoms with Gasteiger partial charge in [0.2, 0.25) is 0 Å². The molecule has 2 aliphatic carbocycles. The summed E-state index contributed by atoms with van der Waals surface area (Å²) in [4.78, 5) is 9.52. The quantitative estimate of drug-likeness (QED) is 0.623. The van der Waals surface area contributed by atoms with Crippen LogP contribution in [0.1, 0.15) is 63.1 Å². The molecule has 1 saturated heterocycles.